The van der Waals surface area contributed by atoms with Crippen LogP contribution >= 0.6 is 0 Å². The van der Waals surface area contributed by atoms with Gasteiger partial charge in [0.1, 0.15) is 0 Å². The van der Waals surface area contributed by atoms with E-state index in [1.807, 2.05) is 11.8 Å². The zero-order chi connectivity index (χ0) is 12.3. The Morgan fingerprint density at radius 1 is 1.35 bits per heavy atom. The van der Waals surface area contributed by atoms with Gasteiger partial charge in [0.2, 0.25) is 5.91 Å². The highest BCUT2D eigenvalue weighted by atomic mass is 16.5. The van der Waals surface area contributed by atoms with Crippen LogP contribution in [0.4, 0.5) is 0 Å². The molecule has 0 bridgehead atoms. The number of rotatable bonds is 4. The van der Waals surface area contributed by atoms with Crippen LogP contribution in [0.5, 0.6) is 0 Å². The van der Waals surface area contributed by atoms with Gasteiger partial charge in [-0.15, -0.1) is 0 Å². The molecule has 1 N–H and O–H groups in total. The second-order valence-corrected chi connectivity index (χ2v) is 5.04. The van der Waals surface area contributed by atoms with Crippen LogP contribution in [0.1, 0.15) is 20.3 Å². The highest BCUT2D eigenvalue weighted by molar-refractivity contribution is 5.87. The van der Waals surface area contributed by atoms with Crippen molar-refractivity contribution in [2.45, 2.75) is 25.8 Å². The topological polar surface area (TPSA) is 44.8 Å². The number of hydrogen-bond acceptors (Lipinski definition) is 4. The standard InChI is InChI=1S/C12H23N3O2/c1-3-12(2)11(16)15(10-13-12)5-4-14-6-8-17-9-7-14/h13H,3-10H2,1-2H3. The molecule has 2 aliphatic heterocycles. The van der Waals surface area contributed by atoms with E-state index in [0.29, 0.717) is 6.67 Å². The molecule has 2 saturated heterocycles. The van der Waals surface area contributed by atoms with Crippen molar-refractivity contribution in [2.75, 3.05) is 46.1 Å². The van der Waals surface area contributed by atoms with Crippen molar-refractivity contribution >= 4 is 5.91 Å². The second-order valence-electron chi connectivity index (χ2n) is 5.04. The van der Waals surface area contributed by atoms with E-state index in [4.69, 9.17) is 4.74 Å². The third kappa shape index (κ3) is 2.78. The Kier molecular flexibility index (Phi) is 4.01. The van der Waals surface area contributed by atoms with Crippen LogP contribution in [0.15, 0.2) is 0 Å². The van der Waals surface area contributed by atoms with Crippen molar-refractivity contribution < 1.29 is 9.53 Å². The fraction of sp³-hybridized carbons (Fsp3) is 0.917. The molecule has 17 heavy (non-hydrogen) atoms. The summed E-state index contributed by atoms with van der Waals surface area (Å²) in [6.07, 6.45) is 0.847. The summed E-state index contributed by atoms with van der Waals surface area (Å²) in [5.74, 6) is 0.244. The highest BCUT2D eigenvalue weighted by Gasteiger charge is 2.40. The van der Waals surface area contributed by atoms with Gasteiger partial charge in [-0.3, -0.25) is 15.0 Å². The number of hydrogen-bond donors (Lipinski definition) is 1. The monoisotopic (exact) mass is 241 g/mol. The van der Waals surface area contributed by atoms with Gasteiger partial charge in [-0.2, -0.15) is 0 Å². The van der Waals surface area contributed by atoms with Crippen molar-refractivity contribution in [1.29, 1.82) is 0 Å². The molecule has 98 valence electrons. The van der Waals surface area contributed by atoms with Gasteiger partial charge in [0.15, 0.2) is 0 Å². The minimum absolute atomic E-state index is 0.244. The summed E-state index contributed by atoms with van der Waals surface area (Å²) < 4.78 is 5.31. The van der Waals surface area contributed by atoms with E-state index in [2.05, 4.69) is 17.1 Å². The van der Waals surface area contributed by atoms with E-state index >= 15 is 0 Å². The van der Waals surface area contributed by atoms with Gasteiger partial charge in [0.25, 0.3) is 0 Å². The number of amides is 1. The van der Waals surface area contributed by atoms with Gasteiger partial charge in [-0.05, 0) is 13.3 Å². The predicted octanol–water partition coefficient (Wildman–Crippen LogP) is -0.123. The first-order chi connectivity index (χ1) is 8.15. The van der Waals surface area contributed by atoms with E-state index in [1.54, 1.807) is 0 Å². The molecule has 5 nitrogen and oxygen atoms in total. The van der Waals surface area contributed by atoms with E-state index in [1.165, 1.54) is 0 Å². The predicted molar refractivity (Wildman–Crippen MR) is 65.7 cm³/mol. The van der Waals surface area contributed by atoms with Crippen LogP contribution in [0.3, 0.4) is 0 Å². The molecular weight excluding hydrogens is 218 g/mol. The minimum Gasteiger partial charge on any atom is -0.379 e. The Bertz CT molecular complexity index is 279. The van der Waals surface area contributed by atoms with Gasteiger partial charge in [-0.25, -0.2) is 0 Å². The SMILES string of the molecule is CCC1(C)NCN(CCN2CCOCC2)C1=O. The Morgan fingerprint density at radius 3 is 2.65 bits per heavy atom. The number of nitrogens with one attached hydrogen (secondary N) is 1. The summed E-state index contributed by atoms with van der Waals surface area (Å²) in [5, 5.41) is 3.30. The summed E-state index contributed by atoms with van der Waals surface area (Å²) in [7, 11) is 0. The maximum atomic E-state index is 12.2. The molecule has 1 unspecified atom stereocenters. The third-order valence-electron chi connectivity index (χ3n) is 3.92. The molecule has 2 fully saturated rings. The lowest BCUT2D eigenvalue weighted by Crippen LogP contribution is -2.45. The van der Waals surface area contributed by atoms with Crippen molar-refractivity contribution in [2.24, 2.45) is 0 Å². The van der Waals surface area contributed by atoms with Crippen LogP contribution in [-0.4, -0.2) is 67.3 Å². The average molecular weight is 241 g/mol. The summed E-state index contributed by atoms with van der Waals surface area (Å²) in [4.78, 5) is 16.4. The number of nitrogens with zero attached hydrogens (tertiary/aromatic N) is 2. The van der Waals surface area contributed by atoms with E-state index in [-0.39, 0.29) is 11.4 Å². The molecule has 0 aromatic rings. The first kappa shape index (κ1) is 12.8. The van der Waals surface area contributed by atoms with E-state index < -0.39 is 0 Å². The molecule has 0 aromatic carbocycles. The van der Waals surface area contributed by atoms with E-state index in [0.717, 1.165) is 45.8 Å². The van der Waals surface area contributed by atoms with Crippen LogP contribution in [-0.2, 0) is 9.53 Å². The Morgan fingerprint density at radius 2 is 2.06 bits per heavy atom. The Labute approximate surface area is 103 Å². The van der Waals surface area contributed by atoms with Crippen molar-refractivity contribution in [3.05, 3.63) is 0 Å². The fourth-order valence-corrected chi connectivity index (χ4v) is 2.31. The van der Waals surface area contributed by atoms with Crippen LogP contribution in [0.2, 0.25) is 0 Å². The molecule has 0 aromatic heterocycles. The average Bonchev–Trinajstić information content (AvgIpc) is 2.66. The lowest BCUT2D eigenvalue weighted by molar-refractivity contribution is -0.132. The smallest absolute Gasteiger partial charge is 0.243 e. The van der Waals surface area contributed by atoms with Gasteiger partial charge in [0.05, 0.1) is 25.4 Å². The van der Waals surface area contributed by atoms with Gasteiger partial charge >= 0.3 is 0 Å². The molecule has 2 aliphatic rings. The molecule has 2 rings (SSSR count). The maximum absolute atomic E-state index is 12.2. The molecule has 0 radical (unpaired) electrons. The normalized spacial score (nSPS) is 31.2. The first-order valence-corrected chi connectivity index (χ1v) is 6.50. The van der Waals surface area contributed by atoms with Gasteiger partial charge < -0.3 is 9.64 Å². The van der Waals surface area contributed by atoms with Gasteiger partial charge in [-0.1, -0.05) is 6.92 Å². The zero-order valence-electron chi connectivity index (χ0n) is 10.9. The molecule has 1 amide bonds. The number of carbonyl (C=O) groups excluding carboxylic acids is 1. The fourth-order valence-electron chi connectivity index (χ4n) is 2.31. The third-order valence-corrected chi connectivity index (χ3v) is 3.92. The first-order valence-electron chi connectivity index (χ1n) is 6.50. The van der Waals surface area contributed by atoms with E-state index in [9.17, 15) is 4.79 Å². The van der Waals surface area contributed by atoms with Crippen LogP contribution in [0, 0.1) is 0 Å². The van der Waals surface area contributed by atoms with Crippen LogP contribution in [0.25, 0.3) is 0 Å². The summed E-state index contributed by atoms with van der Waals surface area (Å²) >= 11 is 0. The Balaban J connectivity index is 1.78. The van der Waals surface area contributed by atoms with Crippen molar-refractivity contribution in [3.8, 4) is 0 Å². The van der Waals surface area contributed by atoms with Gasteiger partial charge in [0, 0.05) is 26.2 Å². The van der Waals surface area contributed by atoms with Crippen molar-refractivity contribution in [1.82, 2.24) is 15.1 Å². The summed E-state index contributed by atoms with van der Waals surface area (Å²) in [6, 6.07) is 0. The lowest BCUT2D eigenvalue weighted by atomic mass is 9.99. The lowest BCUT2D eigenvalue weighted by Gasteiger charge is -2.28. The molecule has 2 heterocycles. The number of ether oxygens (including phenoxy) is 1. The molecule has 0 aliphatic carbocycles. The molecular formula is C12H23N3O2. The number of carbonyl (C=O) groups is 1. The summed E-state index contributed by atoms with van der Waals surface area (Å²) in [6.45, 7) is 10.1. The Hall–Kier alpha value is -0.650. The molecule has 1 atom stereocenters. The van der Waals surface area contributed by atoms with Crippen molar-refractivity contribution in [3.63, 3.8) is 0 Å². The maximum Gasteiger partial charge on any atom is 0.243 e. The molecule has 5 heteroatoms. The quantitative estimate of drug-likeness (QED) is 0.745. The number of morpholine rings is 1. The zero-order valence-corrected chi connectivity index (χ0v) is 10.9. The second kappa shape index (κ2) is 5.33. The molecule has 0 saturated carbocycles. The summed E-state index contributed by atoms with van der Waals surface area (Å²) in [5.41, 5.74) is -0.342. The highest BCUT2D eigenvalue weighted by Crippen LogP contribution is 2.18. The minimum atomic E-state index is -0.342. The molecule has 0 spiro atoms. The van der Waals surface area contributed by atoms with Crippen LogP contribution < -0.4 is 5.32 Å². The largest absolute Gasteiger partial charge is 0.379 e.